The second-order valence-corrected chi connectivity index (χ2v) is 7.49. The van der Waals surface area contributed by atoms with E-state index in [-0.39, 0.29) is 5.75 Å². The van der Waals surface area contributed by atoms with Crippen LogP contribution in [0.15, 0.2) is 12.4 Å². The molecule has 0 spiro atoms. The smallest absolute Gasteiger partial charge is 0.233 e. The van der Waals surface area contributed by atoms with Crippen molar-refractivity contribution >= 4 is 19.7 Å². The van der Waals surface area contributed by atoms with Crippen LogP contribution in [-0.4, -0.2) is 30.6 Å². The van der Waals surface area contributed by atoms with Crippen molar-refractivity contribution in [3.8, 4) is 5.75 Å². The fraction of sp³-hybridized carbons (Fsp3) is 0.750. The first-order valence-corrected chi connectivity index (χ1v) is 8.89. The van der Waals surface area contributed by atoms with Crippen LogP contribution in [0.2, 0.25) is 0 Å². The van der Waals surface area contributed by atoms with Crippen molar-refractivity contribution in [3.05, 3.63) is 12.4 Å². The molecule has 0 aliphatic heterocycles. The molecule has 7 heteroatoms. The van der Waals surface area contributed by atoms with E-state index < -0.39 is 14.5 Å². The van der Waals surface area contributed by atoms with E-state index in [0.717, 1.165) is 6.54 Å². The Labute approximate surface area is 119 Å². The third kappa shape index (κ3) is 5.03. The quantitative estimate of drug-likeness (QED) is 0.693. The second kappa shape index (κ2) is 6.61. The average molecular weight is 309 g/mol. The van der Waals surface area contributed by atoms with Gasteiger partial charge in [-0.15, -0.1) is 0 Å². The van der Waals surface area contributed by atoms with E-state index in [4.69, 9.17) is 15.4 Å². The summed E-state index contributed by atoms with van der Waals surface area (Å²) in [4.78, 5) is 0. The van der Waals surface area contributed by atoms with Crippen LogP contribution in [0.25, 0.3) is 0 Å². The molecule has 0 aliphatic rings. The Morgan fingerprint density at radius 3 is 2.42 bits per heavy atom. The molecule has 0 radical (unpaired) electrons. The molecule has 0 N–H and O–H groups in total. The lowest BCUT2D eigenvalue weighted by atomic mass is 9.85. The standard InChI is InChI=1S/C12H21ClN2O3S/c1-4-12(5-2,10-19(13,16)17)9-18-11-7-14-15(6-3)8-11/h7-8H,4-6,9-10H2,1-3H3. The molecule has 1 aromatic heterocycles. The first kappa shape index (κ1) is 16.3. The molecule has 19 heavy (non-hydrogen) atoms. The third-order valence-electron chi connectivity index (χ3n) is 3.46. The van der Waals surface area contributed by atoms with Crippen LogP contribution in [0.1, 0.15) is 33.6 Å². The lowest BCUT2D eigenvalue weighted by Gasteiger charge is -2.29. The molecule has 0 atom stereocenters. The van der Waals surface area contributed by atoms with E-state index in [2.05, 4.69) is 5.10 Å². The molecular weight excluding hydrogens is 288 g/mol. The van der Waals surface area contributed by atoms with Gasteiger partial charge in [0.05, 0.1) is 24.8 Å². The second-order valence-electron chi connectivity index (χ2n) is 4.71. The maximum absolute atomic E-state index is 11.3. The van der Waals surface area contributed by atoms with Crippen molar-refractivity contribution in [3.63, 3.8) is 0 Å². The van der Waals surface area contributed by atoms with Crippen LogP contribution in [-0.2, 0) is 15.6 Å². The first-order chi connectivity index (χ1) is 8.84. The summed E-state index contributed by atoms with van der Waals surface area (Å²) in [6, 6.07) is 0. The zero-order valence-corrected chi connectivity index (χ0v) is 13.2. The van der Waals surface area contributed by atoms with Gasteiger partial charge in [0.15, 0.2) is 5.75 Å². The Balaban J connectivity index is 2.73. The number of nitrogens with zero attached hydrogens (tertiary/aromatic N) is 2. The van der Waals surface area contributed by atoms with Crippen LogP contribution in [0.5, 0.6) is 5.75 Å². The molecule has 1 heterocycles. The predicted molar refractivity (Wildman–Crippen MR) is 76.1 cm³/mol. The fourth-order valence-electron chi connectivity index (χ4n) is 1.89. The minimum absolute atomic E-state index is 0.0729. The average Bonchev–Trinajstić information content (AvgIpc) is 2.81. The highest BCUT2D eigenvalue weighted by Gasteiger charge is 2.32. The molecule has 1 aromatic rings. The van der Waals surface area contributed by atoms with Crippen LogP contribution < -0.4 is 4.74 Å². The van der Waals surface area contributed by atoms with Crippen LogP contribution in [0.3, 0.4) is 0 Å². The summed E-state index contributed by atoms with van der Waals surface area (Å²) >= 11 is 0. The van der Waals surface area contributed by atoms with Gasteiger partial charge in [0.1, 0.15) is 0 Å². The first-order valence-electron chi connectivity index (χ1n) is 6.41. The van der Waals surface area contributed by atoms with Crippen molar-refractivity contribution in [2.24, 2.45) is 5.41 Å². The van der Waals surface area contributed by atoms with E-state index in [0.29, 0.717) is 25.2 Å². The van der Waals surface area contributed by atoms with Gasteiger partial charge in [-0.05, 0) is 19.8 Å². The third-order valence-corrected chi connectivity index (χ3v) is 4.74. The molecule has 0 amide bonds. The summed E-state index contributed by atoms with van der Waals surface area (Å²) in [5, 5.41) is 4.11. The fourth-order valence-corrected chi connectivity index (χ4v) is 3.81. The number of aromatic nitrogens is 2. The highest BCUT2D eigenvalue weighted by Crippen LogP contribution is 2.30. The van der Waals surface area contributed by atoms with Gasteiger partial charge in [-0.2, -0.15) is 5.10 Å². The highest BCUT2D eigenvalue weighted by atomic mass is 35.7. The molecule has 0 fully saturated rings. The number of aryl methyl sites for hydroxylation is 1. The number of rotatable bonds is 8. The minimum Gasteiger partial charge on any atom is -0.490 e. The van der Waals surface area contributed by atoms with Gasteiger partial charge in [-0.25, -0.2) is 8.42 Å². The van der Waals surface area contributed by atoms with E-state index in [9.17, 15) is 8.42 Å². The molecule has 0 bridgehead atoms. The lowest BCUT2D eigenvalue weighted by molar-refractivity contribution is 0.155. The van der Waals surface area contributed by atoms with E-state index in [1.807, 2.05) is 20.8 Å². The van der Waals surface area contributed by atoms with Gasteiger partial charge in [0.2, 0.25) is 9.05 Å². The SMILES string of the molecule is CCn1cc(OCC(CC)(CC)CS(=O)(=O)Cl)cn1. The van der Waals surface area contributed by atoms with Gasteiger partial charge in [-0.3, -0.25) is 4.68 Å². The molecule has 0 saturated heterocycles. The maximum atomic E-state index is 11.3. The van der Waals surface area contributed by atoms with E-state index >= 15 is 0 Å². The van der Waals surface area contributed by atoms with Gasteiger partial charge in [-0.1, -0.05) is 13.8 Å². The lowest BCUT2D eigenvalue weighted by Crippen LogP contribution is -2.33. The molecule has 0 aliphatic carbocycles. The summed E-state index contributed by atoms with van der Waals surface area (Å²) < 4.78 is 30.1. The summed E-state index contributed by atoms with van der Waals surface area (Å²) in [6.45, 7) is 6.97. The van der Waals surface area contributed by atoms with E-state index in [1.54, 1.807) is 17.1 Å². The number of hydrogen-bond acceptors (Lipinski definition) is 4. The van der Waals surface area contributed by atoms with Crippen molar-refractivity contribution < 1.29 is 13.2 Å². The zero-order valence-electron chi connectivity index (χ0n) is 11.6. The van der Waals surface area contributed by atoms with Gasteiger partial charge in [0.25, 0.3) is 0 Å². The zero-order chi connectivity index (χ0) is 14.5. The minimum atomic E-state index is -3.54. The highest BCUT2D eigenvalue weighted by molar-refractivity contribution is 8.13. The molecule has 0 unspecified atom stereocenters. The van der Waals surface area contributed by atoms with Gasteiger partial charge < -0.3 is 4.74 Å². The summed E-state index contributed by atoms with van der Waals surface area (Å²) in [5.74, 6) is 0.580. The van der Waals surface area contributed by atoms with Crippen molar-refractivity contribution in [1.29, 1.82) is 0 Å². The topological polar surface area (TPSA) is 61.2 Å². The Morgan fingerprint density at radius 2 is 2.00 bits per heavy atom. The van der Waals surface area contributed by atoms with Gasteiger partial charge in [0, 0.05) is 22.6 Å². The Hall–Kier alpha value is -0.750. The summed E-state index contributed by atoms with van der Waals surface area (Å²) in [6.07, 6.45) is 4.81. The van der Waals surface area contributed by atoms with Crippen molar-refractivity contribution in [2.75, 3.05) is 12.4 Å². The van der Waals surface area contributed by atoms with Gasteiger partial charge >= 0.3 is 0 Å². The van der Waals surface area contributed by atoms with Crippen LogP contribution >= 0.6 is 10.7 Å². The Bertz CT molecular complexity index is 495. The summed E-state index contributed by atoms with van der Waals surface area (Å²) in [7, 11) is 1.85. The predicted octanol–water partition coefficient (Wildman–Crippen LogP) is 2.66. The van der Waals surface area contributed by atoms with Crippen LogP contribution in [0.4, 0.5) is 0 Å². The molecular formula is C12H21ClN2O3S. The van der Waals surface area contributed by atoms with Crippen molar-refractivity contribution in [1.82, 2.24) is 9.78 Å². The Kier molecular flexibility index (Phi) is 5.67. The monoisotopic (exact) mass is 308 g/mol. The maximum Gasteiger partial charge on any atom is 0.233 e. The number of hydrogen-bond donors (Lipinski definition) is 0. The van der Waals surface area contributed by atoms with E-state index in [1.165, 1.54) is 0 Å². The van der Waals surface area contributed by atoms with Crippen molar-refractivity contribution in [2.45, 2.75) is 40.2 Å². The van der Waals surface area contributed by atoms with Crippen LogP contribution in [0, 0.1) is 5.41 Å². The summed E-state index contributed by atoms with van der Waals surface area (Å²) in [5.41, 5.74) is -0.450. The number of ether oxygens (including phenoxy) is 1. The Morgan fingerprint density at radius 1 is 1.37 bits per heavy atom. The molecule has 1 rings (SSSR count). The molecule has 0 saturated carbocycles. The normalized spacial score (nSPS) is 12.6. The molecule has 0 aromatic carbocycles. The molecule has 5 nitrogen and oxygen atoms in total. The number of halogens is 1. The largest absolute Gasteiger partial charge is 0.490 e. The molecule has 110 valence electrons.